The minimum Gasteiger partial charge on any atom is -0.351 e. The highest BCUT2D eigenvalue weighted by molar-refractivity contribution is 5.96. The number of aldehydes is 1. The molecule has 0 fully saturated rings. The van der Waals surface area contributed by atoms with Gasteiger partial charge in [0.15, 0.2) is 5.78 Å². The summed E-state index contributed by atoms with van der Waals surface area (Å²) < 4.78 is 0. The Balaban J connectivity index is 0. The molecule has 4 nitrogen and oxygen atoms in total. The van der Waals surface area contributed by atoms with Crippen molar-refractivity contribution in [3.05, 3.63) is 84.2 Å². The van der Waals surface area contributed by atoms with Gasteiger partial charge in [-0.2, -0.15) is 0 Å². The molecule has 0 heterocycles. The van der Waals surface area contributed by atoms with E-state index < -0.39 is 0 Å². The molecular formula is C27H40N2O2. The predicted molar refractivity (Wildman–Crippen MR) is 137 cm³/mol. The minimum absolute atomic E-state index is 0.0823. The standard InChI is InChI=1S/C12H15NO.C11H13NO.2C2H6/c1-4-12(10(2)14)13(3)11-8-6-5-7-9-11;1-10(9-13)8-12(2)11-6-4-3-5-7-11;2*1-2/h4-9H,1-3H3;3-9H,1-2H3;2*1-2H3/b12-4-;10-8+;;. The summed E-state index contributed by atoms with van der Waals surface area (Å²) in [6, 6.07) is 19.7. The van der Waals surface area contributed by atoms with Gasteiger partial charge >= 0.3 is 0 Å². The zero-order chi connectivity index (χ0) is 24.2. The number of nitrogens with zero attached hydrogens (tertiary/aromatic N) is 2. The smallest absolute Gasteiger partial charge is 0.175 e. The van der Waals surface area contributed by atoms with Gasteiger partial charge in [0.25, 0.3) is 0 Å². The number of allylic oxidation sites excluding steroid dienone is 3. The number of rotatable bonds is 6. The van der Waals surface area contributed by atoms with Crippen LogP contribution < -0.4 is 9.80 Å². The first-order valence-electron chi connectivity index (χ1n) is 10.8. The van der Waals surface area contributed by atoms with E-state index in [1.807, 2.05) is 131 Å². The first kappa shape index (κ1) is 30.1. The van der Waals surface area contributed by atoms with Crippen LogP contribution in [0.3, 0.4) is 0 Å². The van der Waals surface area contributed by atoms with Crippen molar-refractivity contribution >= 4 is 23.4 Å². The summed E-state index contributed by atoms with van der Waals surface area (Å²) in [5.41, 5.74) is 3.53. The molecule has 0 unspecified atom stereocenters. The zero-order valence-electron chi connectivity index (χ0n) is 20.7. The molecule has 0 spiro atoms. The first-order valence-corrected chi connectivity index (χ1v) is 10.8. The third kappa shape index (κ3) is 12.2. The molecule has 4 heteroatoms. The van der Waals surface area contributed by atoms with Crippen LogP contribution in [-0.4, -0.2) is 26.2 Å². The lowest BCUT2D eigenvalue weighted by Gasteiger charge is -2.20. The molecule has 0 bridgehead atoms. The van der Waals surface area contributed by atoms with E-state index in [9.17, 15) is 9.59 Å². The first-order chi connectivity index (χ1) is 14.9. The molecule has 0 radical (unpaired) electrons. The number of para-hydroxylation sites is 2. The van der Waals surface area contributed by atoms with E-state index in [0.717, 1.165) is 23.4 Å². The van der Waals surface area contributed by atoms with E-state index in [0.29, 0.717) is 5.57 Å². The van der Waals surface area contributed by atoms with Crippen LogP contribution >= 0.6 is 0 Å². The summed E-state index contributed by atoms with van der Waals surface area (Å²) in [5.74, 6) is 0.0823. The number of Topliss-reactive ketones (excluding diaryl/α,β-unsaturated/α-hetero) is 1. The molecule has 2 aromatic rings. The Morgan fingerprint density at radius 3 is 1.55 bits per heavy atom. The summed E-state index contributed by atoms with van der Waals surface area (Å²) in [6.45, 7) is 13.2. The van der Waals surface area contributed by atoms with E-state index in [1.54, 1.807) is 13.8 Å². The number of anilines is 2. The van der Waals surface area contributed by atoms with Crippen LogP contribution in [0.15, 0.2) is 84.2 Å². The largest absolute Gasteiger partial charge is 0.351 e. The molecule has 0 aliphatic heterocycles. The van der Waals surface area contributed by atoms with Gasteiger partial charge in [-0.05, 0) is 38.1 Å². The molecule has 0 aromatic heterocycles. The average Bonchev–Trinajstić information content (AvgIpc) is 2.83. The Morgan fingerprint density at radius 1 is 0.774 bits per heavy atom. The lowest BCUT2D eigenvalue weighted by Crippen LogP contribution is -2.21. The van der Waals surface area contributed by atoms with Crippen molar-refractivity contribution in [2.75, 3.05) is 23.9 Å². The highest BCUT2D eigenvalue weighted by Gasteiger charge is 2.09. The second kappa shape index (κ2) is 18.9. The van der Waals surface area contributed by atoms with E-state index in [-0.39, 0.29) is 5.78 Å². The van der Waals surface area contributed by atoms with Crippen LogP contribution in [-0.2, 0) is 9.59 Å². The van der Waals surface area contributed by atoms with E-state index in [1.165, 1.54) is 0 Å². The monoisotopic (exact) mass is 424 g/mol. The van der Waals surface area contributed by atoms with E-state index in [4.69, 9.17) is 0 Å². The summed E-state index contributed by atoms with van der Waals surface area (Å²) in [5, 5.41) is 0. The zero-order valence-corrected chi connectivity index (χ0v) is 20.7. The Kier molecular flexibility index (Phi) is 18.3. The molecule has 0 amide bonds. The molecule has 0 aliphatic carbocycles. The molecular weight excluding hydrogens is 384 g/mol. The quantitative estimate of drug-likeness (QED) is 0.374. The molecule has 0 aliphatic rings. The summed E-state index contributed by atoms with van der Waals surface area (Å²) in [7, 11) is 3.81. The van der Waals surface area contributed by atoms with Gasteiger partial charge in [-0.25, -0.2) is 0 Å². The van der Waals surface area contributed by atoms with Crippen LogP contribution in [0.1, 0.15) is 48.5 Å². The number of benzene rings is 2. The molecule has 2 aromatic carbocycles. The number of hydrogen-bond acceptors (Lipinski definition) is 4. The number of likely N-dealkylation sites (N-methyl/N-ethyl adjacent to an activating group) is 1. The SMILES string of the molecule is C/C(C=O)=C\N(C)c1ccccc1.C/C=C(/C(C)=O)N(C)c1ccccc1.CC.CC. The topological polar surface area (TPSA) is 40.6 Å². The van der Waals surface area contributed by atoms with Gasteiger partial charge in [0, 0.05) is 44.2 Å². The van der Waals surface area contributed by atoms with Gasteiger partial charge < -0.3 is 9.80 Å². The number of ketones is 1. The fraction of sp³-hybridized carbons (Fsp3) is 0.333. The van der Waals surface area contributed by atoms with Crippen molar-refractivity contribution in [2.45, 2.75) is 48.5 Å². The maximum Gasteiger partial charge on any atom is 0.175 e. The van der Waals surface area contributed by atoms with Crippen molar-refractivity contribution in [3.63, 3.8) is 0 Å². The molecule has 2 rings (SSSR count). The van der Waals surface area contributed by atoms with Crippen LogP contribution in [0.2, 0.25) is 0 Å². The fourth-order valence-electron chi connectivity index (χ4n) is 2.50. The fourth-order valence-corrected chi connectivity index (χ4v) is 2.50. The van der Waals surface area contributed by atoms with Crippen molar-refractivity contribution < 1.29 is 9.59 Å². The van der Waals surface area contributed by atoms with Crippen molar-refractivity contribution in [1.82, 2.24) is 0 Å². The Morgan fingerprint density at radius 2 is 1.19 bits per heavy atom. The number of carbonyl (C=O) groups is 2. The van der Waals surface area contributed by atoms with Gasteiger partial charge in [-0.15, -0.1) is 0 Å². The summed E-state index contributed by atoms with van der Waals surface area (Å²) >= 11 is 0. The Labute approximate surface area is 189 Å². The maximum atomic E-state index is 11.3. The van der Waals surface area contributed by atoms with Crippen LogP contribution in [0, 0.1) is 0 Å². The van der Waals surface area contributed by atoms with Crippen molar-refractivity contribution in [1.29, 1.82) is 0 Å². The van der Waals surface area contributed by atoms with Gasteiger partial charge in [0.05, 0.1) is 5.70 Å². The highest BCUT2D eigenvalue weighted by Crippen LogP contribution is 2.16. The minimum atomic E-state index is 0.0823. The van der Waals surface area contributed by atoms with Gasteiger partial charge in [-0.1, -0.05) is 70.2 Å². The lowest BCUT2D eigenvalue weighted by molar-refractivity contribution is -0.113. The van der Waals surface area contributed by atoms with E-state index >= 15 is 0 Å². The van der Waals surface area contributed by atoms with Gasteiger partial charge in [0.2, 0.25) is 0 Å². The second-order valence-corrected chi connectivity index (χ2v) is 6.06. The summed E-state index contributed by atoms with van der Waals surface area (Å²) in [4.78, 5) is 25.5. The maximum absolute atomic E-state index is 11.3. The third-order valence-corrected chi connectivity index (χ3v) is 3.89. The van der Waals surface area contributed by atoms with Crippen molar-refractivity contribution in [3.8, 4) is 0 Å². The van der Waals surface area contributed by atoms with Crippen LogP contribution in [0.4, 0.5) is 11.4 Å². The average molecular weight is 425 g/mol. The molecule has 0 saturated heterocycles. The number of hydrogen-bond donors (Lipinski definition) is 0. The molecule has 31 heavy (non-hydrogen) atoms. The summed E-state index contributed by atoms with van der Waals surface area (Å²) in [6.07, 6.45) is 4.48. The van der Waals surface area contributed by atoms with Crippen LogP contribution in [0.25, 0.3) is 0 Å². The highest BCUT2D eigenvalue weighted by atomic mass is 16.1. The molecule has 0 N–H and O–H groups in total. The predicted octanol–water partition coefficient (Wildman–Crippen LogP) is 6.89. The molecule has 170 valence electrons. The lowest BCUT2D eigenvalue weighted by atomic mass is 10.2. The number of carbonyl (C=O) groups excluding carboxylic acids is 2. The van der Waals surface area contributed by atoms with Crippen LogP contribution in [0.5, 0.6) is 0 Å². The normalized spacial score (nSPS) is 10.1. The third-order valence-electron chi connectivity index (χ3n) is 3.89. The van der Waals surface area contributed by atoms with Gasteiger partial charge in [0.1, 0.15) is 6.29 Å². The van der Waals surface area contributed by atoms with Gasteiger partial charge in [-0.3, -0.25) is 9.59 Å². The van der Waals surface area contributed by atoms with Crippen molar-refractivity contribution in [2.24, 2.45) is 0 Å². The Bertz CT molecular complexity index is 781. The second-order valence-electron chi connectivity index (χ2n) is 6.06. The van der Waals surface area contributed by atoms with E-state index in [2.05, 4.69) is 0 Å². The molecule has 0 saturated carbocycles. The molecule has 0 atom stereocenters. The Hall–Kier alpha value is -3.14.